The van der Waals surface area contributed by atoms with Crippen molar-refractivity contribution < 1.29 is 18.6 Å². The molecule has 0 saturated heterocycles. The second-order valence-corrected chi connectivity index (χ2v) is 4.87. The number of rotatable bonds is 2. The quantitative estimate of drug-likeness (QED) is 0.891. The van der Waals surface area contributed by atoms with E-state index in [-0.39, 0.29) is 5.56 Å². The fraction of sp³-hybridized carbons (Fsp3) is 0.250. The van der Waals surface area contributed by atoms with Gasteiger partial charge in [-0.1, -0.05) is 36.4 Å². The van der Waals surface area contributed by atoms with E-state index in [1.807, 2.05) is 18.2 Å². The van der Waals surface area contributed by atoms with Gasteiger partial charge < -0.3 is 9.84 Å². The van der Waals surface area contributed by atoms with E-state index in [1.165, 1.54) is 12.1 Å². The van der Waals surface area contributed by atoms with Crippen LogP contribution in [0.3, 0.4) is 0 Å². The largest absolute Gasteiger partial charge is 0.485 e. The van der Waals surface area contributed by atoms with Gasteiger partial charge >= 0.3 is 0 Å². The van der Waals surface area contributed by atoms with Crippen LogP contribution in [0.5, 0.6) is 5.75 Å². The lowest BCUT2D eigenvalue weighted by molar-refractivity contribution is 0.0655. The van der Waals surface area contributed by atoms with E-state index in [0.717, 1.165) is 5.56 Å². The summed E-state index contributed by atoms with van der Waals surface area (Å²) < 4.78 is 31.3. The van der Waals surface area contributed by atoms with Gasteiger partial charge in [0.05, 0.1) is 6.10 Å². The Bertz CT molecular complexity index is 613. The van der Waals surface area contributed by atoms with Crippen molar-refractivity contribution in [2.45, 2.75) is 25.1 Å². The zero-order valence-corrected chi connectivity index (χ0v) is 10.7. The molecule has 1 unspecified atom stereocenters. The van der Waals surface area contributed by atoms with Gasteiger partial charge in [-0.3, -0.25) is 0 Å². The van der Waals surface area contributed by atoms with Gasteiger partial charge in [0.25, 0.3) is 6.43 Å². The predicted octanol–water partition coefficient (Wildman–Crippen LogP) is 4.18. The molecule has 0 saturated carbocycles. The fourth-order valence-corrected chi connectivity index (χ4v) is 2.49. The summed E-state index contributed by atoms with van der Waals surface area (Å²) in [6.45, 7) is 0. The summed E-state index contributed by atoms with van der Waals surface area (Å²) in [5, 5.41) is 10.1. The molecule has 0 aliphatic carbocycles. The van der Waals surface area contributed by atoms with E-state index < -0.39 is 18.6 Å². The van der Waals surface area contributed by atoms with Crippen molar-refractivity contribution in [1.82, 2.24) is 0 Å². The summed E-state index contributed by atoms with van der Waals surface area (Å²) in [7, 11) is 0. The van der Waals surface area contributed by atoms with Crippen LogP contribution in [-0.2, 0) is 0 Å². The van der Waals surface area contributed by atoms with Gasteiger partial charge in [-0.05, 0) is 17.7 Å². The third kappa shape index (κ3) is 2.39. The third-order valence-electron chi connectivity index (χ3n) is 3.52. The standard InChI is InChI=1S/C16H14F2O2/c17-16(18)11-5-3-4-10(8-11)15-9-13(19)12-6-1-2-7-14(12)20-15/h1-8,13,15-16,19H,9H2/t13-,15?/m0/s1. The molecule has 20 heavy (non-hydrogen) atoms. The first-order chi connectivity index (χ1) is 9.65. The topological polar surface area (TPSA) is 29.5 Å². The number of para-hydroxylation sites is 1. The molecule has 1 aliphatic heterocycles. The molecule has 1 N–H and O–H groups in total. The molecule has 3 rings (SSSR count). The number of fused-ring (bicyclic) bond motifs is 1. The number of ether oxygens (including phenoxy) is 1. The number of aliphatic hydroxyl groups is 1. The van der Waals surface area contributed by atoms with Crippen LogP contribution in [0, 0.1) is 0 Å². The monoisotopic (exact) mass is 276 g/mol. The van der Waals surface area contributed by atoms with Crippen molar-refractivity contribution >= 4 is 0 Å². The highest BCUT2D eigenvalue weighted by atomic mass is 19.3. The smallest absolute Gasteiger partial charge is 0.263 e. The molecule has 2 aromatic rings. The summed E-state index contributed by atoms with van der Waals surface area (Å²) in [4.78, 5) is 0. The minimum absolute atomic E-state index is 0.0283. The Kier molecular flexibility index (Phi) is 3.40. The van der Waals surface area contributed by atoms with Crippen LogP contribution < -0.4 is 4.74 Å². The van der Waals surface area contributed by atoms with Crippen molar-refractivity contribution in [3.63, 3.8) is 0 Å². The Labute approximate surface area is 115 Å². The highest BCUT2D eigenvalue weighted by Crippen LogP contribution is 2.40. The molecule has 0 fully saturated rings. The van der Waals surface area contributed by atoms with Crippen LogP contribution in [0.4, 0.5) is 8.78 Å². The van der Waals surface area contributed by atoms with Crippen molar-refractivity contribution in [1.29, 1.82) is 0 Å². The Hall–Kier alpha value is -1.94. The molecule has 0 aromatic heterocycles. The molecule has 2 atom stereocenters. The number of hydrogen-bond acceptors (Lipinski definition) is 2. The molecule has 1 aliphatic rings. The van der Waals surface area contributed by atoms with Gasteiger partial charge in [-0.2, -0.15) is 0 Å². The summed E-state index contributed by atoms with van der Waals surface area (Å²) in [6, 6.07) is 13.4. The lowest BCUT2D eigenvalue weighted by atomic mass is 9.94. The highest BCUT2D eigenvalue weighted by molar-refractivity contribution is 5.38. The average molecular weight is 276 g/mol. The average Bonchev–Trinajstić information content (AvgIpc) is 2.47. The van der Waals surface area contributed by atoms with Crippen LogP contribution in [0.25, 0.3) is 0 Å². The number of benzene rings is 2. The first-order valence-electron chi connectivity index (χ1n) is 6.47. The highest BCUT2D eigenvalue weighted by Gasteiger charge is 2.28. The minimum Gasteiger partial charge on any atom is -0.485 e. The molecule has 1 heterocycles. The maximum absolute atomic E-state index is 12.7. The number of hydrogen-bond donors (Lipinski definition) is 1. The van der Waals surface area contributed by atoms with Gasteiger partial charge in [-0.15, -0.1) is 0 Å². The van der Waals surface area contributed by atoms with Crippen LogP contribution in [0.2, 0.25) is 0 Å². The van der Waals surface area contributed by atoms with Gasteiger partial charge in [0, 0.05) is 17.5 Å². The fourth-order valence-electron chi connectivity index (χ4n) is 2.49. The number of halogens is 2. The molecule has 2 aromatic carbocycles. The van der Waals surface area contributed by atoms with Gasteiger partial charge in [0.2, 0.25) is 0 Å². The summed E-state index contributed by atoms with van der Waals surface area (Å²) in [5.41, 5.74) is 1.38. The van der Waals surface area contributed by atoms with Gasteiger partial charge in [-0.25, -0.2) is 8.78 Å². The van der Waals surface area contributed by atoms with E-state index in [4.69, 9.17) is 4.74 Å². The van der Waals surface area contributed by atoms with E-state index in [2.05, 4.69) is 0 Å². The minimum atomic E-state index is -2.50. The Balaban J connectivity index is 1.91. The van der Waals surface area contributed by atoms with E-state index in [9.17, 15) is 13.9 Å². The summed E-state index contributed by atoms with van der Waals surface area (Å²) in [5.74, 6) is 0.610. The summed E-state index contributed by atoms with van der Waals surface area (Å²) in [6.07, 6.45) is -3.18. The first-order valence-corrected chi connectivity index (χ1v) is 6.47. The van der Waals surface area contributed by atoms with E-state index in [1.54, 1.807) is 18.2 Å². The van der Waals surface area contributed by atoms with E-state index in [0.29, 0.717) is 17.7 Å². The third-order valence-corrected chi connectivity index (χ3v) is 3.52. The van der Waals surface area contributed by atoms with Crippen LogP contribution in [-0.4, -0.2) is 5.11 Å². The van der Waals surface area contributed by atoms with Crippen molar-refractivity contribution in [2.24, 2.45) is 0 Å². The van der Waals surface area contributed by atoms with Crippen LogP contribution in [0.15, 0.2) is 48.5 Å². The molecule has 2 nitrogen and oxygen atoms in total. The number of alkyl halides is 2. The van der Waals surface area contributed by atoms with Gasteiger partial charge in [0.15, 0.2) is 0 Å². The Morgan fingerprint density at radius 3 is 2.70 bits per heavy atom. The molecule has 0 spiro atoms. The zero-order chi connectivity index (χ0) is 14.1. The lowest BCUT2D eigenvalue weighted by Gasteiger charge is -2.30. The van der Waals surface area contributed by atoms with Crippen molar-refractivity contribution in [2.75, 3.05) is 0 Å². The summed E-state index contributed by atoms with van der Waals surface area (Å²) >= 11 is 0. The van der Waals surface area contributed by atoms with E-state index >= 15 is 0 Å². The second kappa shape index (κ2) is 5.21. The first kappa shape index (κ1) is 13.1. The Morgan fingerprint density at radius 1 is 1.10 bits per heavy atom. The zero-order valence-electron chi connectivity index (χ0n) is 10.7. The molecule has 0 radical (unpaired) electrons. The Morgan fingerprint density at radius 2 is 1.90 bits per heavy atom. The van der Waals surface area contributed by atoms with Crippen LogP contribution >= 0.6 is 0 Å². The maximum Gasteiger partial charge on any atom is 0.263 e. The molecule has 0 bridgehead atoms. The van der Waals surface area contributed by atoms with Crippen molar-refractivity contribution in [3.8, 4) is 5.75 Å². The SMILES string of the molecule is O[C@H]1CC(c2cccc(C(F)F)c2)Oc2ccccc21. The molecule has 0 amide bonds. The molecule has 4 heteroatoms. The molecular weight excluding hydrogens is 262 g/mol. The maximum atomic E-state index is 12.7. The second-order valence-electron chi connectivity index (χ2n) is 4.87. The molecule has 104 valence electrons. The van der Waals surface area contributed by atoms with Gasteiger partial charge in [0.1, 0.15) is 11.9 Å². The normalized spacial score (nSPS) is 21.4. The van der Waals surface area contributed by atoms with Crippen molar-refractivity contribution in [3.05, 3.63) is 65.2 Å². The van der Waals surface area contributed by atoms with Crippen LogP contribution in [0.1, 0.15) is 41.7 Å². The lowest BCUT2D eigenvalue weighted by Crippen LogP contribution is -2.19. The predicted molar refractivity (Wildman–Crippen MR) is 70.8 cm³/mol. The molecular formula is C16H14F2O2. The number of aliphatic hydroxyl groups excluding tert-OH is 1.